The third-order valence-electron chi connectivity index (χ3n) is 3.73. The Morgan fingerprint density at radius 1 is 0.957 bits per heavy atom. The van der Waals surface area contributed by atoms with Gasteiger partial charge in [0.1, 0.15) is 0 Å². The predicted molar refractivity (Wildman–Crippen MR) is 91.8 cm³/mol. The molecule has 0 saturated heterocycles. The van der Waals surface area contributed by atoms with E-state index in [4.69, 9.17) is 0 Å². The smallest absolute Gasteiger partial charge is 1.00 e. The monoisotopic (exact) mass is 382 g/mol. The Bertz CT molecular complexity index is 613. The molecule has 3 aromatic carbocycles. The molecule has 0 N–H and O–H groups in total. The first-order valence-electron chi connectivity index (χ1n) is 6.90. The summed E-state index contributed by atoms with van der Waals surface area (Å²) < 4.78 is 0. The van der Waals surface area contributed by atoms with Crippen molar-refractivity contribution in [2.24, 2.45) is 0 Å². The van der Waals surface area contributed by atoms with Gasteiger partial charge in [0, 0.05) is 0 Å². The molecule has 0 bridgehead atoms. The van der Waals surface area contributed by atoms with Crippen LogP contribution in [0.2, 0.25) is 0 Å². The Balaban J connectivity index is -0.000000281. The maximum absolute atomic E-state index is 3.00. The molecule has 0 fully saturated rings. The standard InChI is InChI=1S/C9H7.C9H13.C2H4.2ClH.Ti/c1-2-5-9-7-3-6-8(9)4-1;1-6-5-7(2)9(4)8(6)3;1-2;;;/h1-7H;5H,1-4H3;1-2H2;2*1H;/q2*-1;;;;+4/p-2. The number of hydrogen-bond donors (Lipinski definition) is 0. The minimum atomic E-state index is 0. The van der Waals surface area contributed by atoms with E-state index in [1.54, 1.807) is 0 Å². The summed E-state index contributed by atoms with van der Waals surface area (Å²) in [5.74, 6) is 0. The quantitative estimate of drug-likeness (QED) is 0.292. The van der Waals surface area contributed by atoms with Gasteiger partial charge in [0.25, 0.3) is 0 Å². The van der Waals surface area contributed by atoms with Crippen molar-refractivity contribution in [2.45, 2.75) is 27.7 Å². The molecule has 3 aromatic rings. The van der Waals surface area contributed by atoms with Crippen LogP contribution in [0.4, 0.5) is 0 Å². The largest absolute Gasteiger partial charge is 4.00 e. The minimum Gasteiger partial charge on any atom is -1.00 e. The van der Waals surface area contributed by atoms with Crippen molar-refractivity contribution in [2.75, 3.05) is 0 Å². The second-order valence-corrected chi connectivity index (χ2v) is 4.92. The van der Waals surface area contributed by atoms with Gasteiger partial charge in [0.05, 0.1) is 0 Å². The van der Waals surface area contributed by atoms with Crippen LogP contribution in [0.25, 0.3) is 10.8 Å². The average Bonchev–Trinajstić information content (AvgIpc) is 3.04. The molecular weight excluding hydrogens is 359 g/mol. The van der Waals surface area contributed by atoms with E-state index in [9.17, 15) is 0 Å². The van der Waals surface area contributed by atoms with Gasteiger partial charge < -0.3 is 24.8 Å². The molecular formula is C20H24Cl2Ti. The van der Waals surface area contributed by atoms with Crippen molar-refractivity contribution >= 4 is 10.8 Å². The maximum atomic E-state index is 3.00. The summed E-state index contributed by atoms with van der Waals surface area (Å²) in [6.45, 7) is 14.7. The molecule has 23 heavy (non-hydrogen) atoms. The van der Waals surface area contributed by atoms with Crippen LogP contribution < -0.4 is 24.8 Å². The van der Waals surface area contributed by atoms with Crippen LogP contribution in [0.1, 0.15) is 22.3 Å². The Kier molecular flexibility index (Phi) is 16.1. The third-order valence-corrected chi connectivity index (χ3v) is 3.73. The number of halogens is 2. The minimum absolute atomic E-state index is 0. The Hall–Kier alpha value is -0.786. The fraction of sp³-hybridized carbons (Fsp3) is 0.200. The first kappa shape index (κ1) is 27.1. The van der Waals surface area contributed by atoms with Crippen LogP contribution in [-0.2, 0) is 21.7 Å². The predicted octanol–water partition coefficient (Wildman–Crippen LogP) is 0.00558. The molecule has 0 aromatic heterocycles. The summed E-state index contributed by atoms with van der Waals surface area (Å²) in [4.78, 5) is 0. The van der Waals surface area contributed by atoms with Crippen LogP contribution in [0.3, 0.4) is 0 Å². The molecule has 0 atom stereocenters. The average molecular weight is 383 g/mol. The van der Waals surface area contributed by atoms with E-state index in [-0.39, 0.29) is 46.5 Å². The molecule has 0 heterocycles. The van der Waals surface area contributed by atoms with Crippen molar-refractivity contribution in [1.29, 1.82) is 0 Å². The van der Waals surface area contributed by atoms with Crippen molar-refractivity contribution in [3.05, 3.63) is 83.9 Å². The molecule has 0 saturated carbocycles. The molecule has 3 rings (SSSR count). The van der Waals surface area contributed by atoms with Crippen LogP contribution in [0.5, 0.6) is 0 Å². The fourth-order valence-corrected chi connectivity index (χ4v) is 2.20. The SMILES string of the molecule is C=C.Cc1c[c-](C)c(C)c1C.[Cl-].[Cl-].[Ti+4].c1ccc2[cH-]ccc2c1. The molecule has 0 radical (unpaired) electrons. The third kappa shape index (κ3) is 7.55. The summed E-state index contributed by atoms with van der Waals surface area (Å²) in [6, 6.07) is 16.9. The molecule has 0 spiro atoms. The van der Waals surface area contributed by atoms with Crippen molar-refractivity contribution in [1.82, 2.24) is 0 Å². The molecule has 3 heteroatoms. The van der Waals surface area contributed by atoms with Crippen LogP contribution in [-0.4, -0.2) is 0 Å². The first-order valence-corrected chi connectivity index (χ1v) is 6.90. The zero-order valence-electron chi connectivity index (χ0n) is 14.3. The van der Waals surface area contributed by atoms with E-state index >= 15 is 0 Å². The van der Waals surface area contributed by atoms with E-state index in [0.29, 0.717) is 0 Å². The van der Waals surface area contributed by atoms with Gasteiger partial charge >= 0.3 is 21.7 Å². The summed E-state index contributed by atoms with van der Waals surface area (Å²) >= 11 is 0. The number of aryl methyl sites for hydroxylation is 2. The number of fused-ring (bicyclic) bond motifs is 1. The maximum Gasteiger partial charge on any atom is 4.00 e. The molecule has 0 aliphatic carbocycles. The second kappa shape index (κ2) is 13.6. The Morgan fingerprint density at radius 3 is 1.91 bits per heavy atom. The van der Waals surface area contributed by atoms with Crippen molar-refractivity contribution in [3.8, 4) is 0 Å². The summed E-state index contributed by atoms with van der Waals surface area (Å²) in [5.41, 5.74) is 5.75. The van der Waals surface area contributed by atoms with Gasteiger partial charge in [0.2, 0.25) is 0 Å². The summed E-state index contributed by atoms with van der Waals surface area (Å²) in [7, 11) is 0. The molecule has 122 valence electrons. The van der Waals surface area contributed by atoms with Gasteiger partial charge in [-0.2, -0.15) is 45.8 Å². The zero-order chi connectivity index (χ0) is 15.1. The van der Waals surface area contributed by atoms with Gasteiger partial charge in [-0.05, 0) is 0 Å². The molecule has 0 amide bonds. The van der Waals surface area contributed by atoms with E-state index in [1.165, 1.54) is 33.0 Å². The van der Waals surface area contributed by atoms with Crippen LogP contribution >= 0.6 is 0 Å². The fourth-order valence-electron chi connectivity index (χ4n) is 2.20. The van der Waals surface area contributed by atoms with Crippen molar-refractivity contribution < 1.29 is 46.5 Å². The first-order chi connectivity index (χ1) is 9.59. The summed E-state index contributed by atoms with van der Waals surface area (Å²) in [6.07, 6.45) is 0. The van der Waals surface area contributed by atoms with E-state index < -0.39 is 0 Å². The van der Waals surface area contributed by atoms with Gasteiger partial charge in [-0.25, -0.2) is 0 Å². The summed E-state index contributed by atoms with van der Waals surface area (Å²) in [5, 5.41) is 2.66. The van der Waals surface area contributed by atoms with E-state index in [1.807, 2.05) is 0 Å². The topological polar surface area (TPSA) is 0 Å². The van der Waals surface area contributed by atoms with Gasteiger partial charge in [-0.1, -0.05) is 33.8 Å². The van der Waals surface area contributed by atoms with Gasteiger partial charge in [-0.15, -0.1) is 42.8 Å². The molecule has 0 nitrogen and oxygen atoms in total. The van der Waals surface area contributed by atoms with E-state index in [0.717, 1.165) is 0 Å². The number of benzene rings is 1. The Morgan fingerprint density at radius 2 is 1.52 bits per heavy atom. The number of rotatable bonds is 0. The Labute approximate surface area is 168 Å². The van der Waals surface area contributed by atoms with Crippen LogP contribution in [0, 0.1) is 27.7 Å². The van der Waals surface area contributed by atoms with Crippen molar-refractivity contribution in [3.63, 3.8) is 0 Å². The molecule has 0 aliphatic heterocycles. The van der Waals surface area contributed by atoms with Gasteiger partial charge in [0.15, 0.2) is 0 Å². The molecule has 0 aliphatic rings. The second-order valence-electron chi connectivity index (χ2n) is 4.92. The zero-order valence-corrected chi connectivity index (χ0v) is 17.4. The molecule has 0 unspecified atom stereocenters. The van der Waals surface area contributed by atoms with E-state index in [2.05, 4.69) is 89.4 Å². The number of hydrogen-bond acceptors (Lipinski definition) is 0. The van der Waals surface area contributed by atoms with Gasteiger partial charge in [-0.3, -0.25) is 0 Å². The van der Waals surface area contributed by atoms with Crippen LogP contribution in [0.15, 0.2) is 61.7 Å². The normalized spacial score (nSPS) is 8.17.